The Morgan fingerprint density at radius 1 is 1.47 bits per heavy atom. The van der Waals surface area contributed by atoms with E-state index in [1.807, 2.05) is 35.9 Å². The lowest BCUT2D eigenvalue weighted by Gasteiger charge is -2.01. The Kier molecular flexibility index (Phi) is 3.08. The van der Waals surface area contributed by atoms with Crippen LogP contribution in [-0.2, 0) is 6.54 Å². The third-order valence-electron chi connectivity index (χ3n) is 2.87. The third-order valence-corrected chi connectivity index (χ3v) is 4.04. The van der Waals surface area contributed by atoms with Crippen molar-refractivity contribution in [1.82, 2.24) is 19.7 Å². The normalized spacial score (nSPS) is 11.1. The second-order valence-electron chi connectivity index (χ2n) is 4.17. The molecule has 0 aromatic carbocycles. The van der Waals surface area contributed by atoms with Crippen molar-refractivity contribution in [2.24, 2.45) is 0 Å². The molecular weight excluding hydrogens is 280 g/mol. The minimum atomic E-state index is 0.483. The van der Waals surface area contributed by atoms with Crippen molar-refractivity contribution in [3.63, 3.8) is 0 Å². The topological polar surface area (TPSA) is 59.6 Å². The Morgan fingerprint density at radius 2 is 2.32 bits per heavy atom. The SMILES string of the molecule is Cc1nc(Cn2c(-c3cccs3)n[nH]c2=S)oc1C. The molecule has 3 aromatic heterocycles. The van der Waals surface area contributed by atoms with Gasteiger partial charge in [-0.2, -0.15) is 5.10 Å². The van der Waals surface area contributed by atoms with Crippen LogP contribution >= 0.6 is 23.6 Å². The van der Waals surface area contributed by atoms with Gasteiger partial charge in [0.2, 0.25) is 5.89 Å². The predicted molar refractivity (Wildman–Crippen MR) is 75.8 cm³/mol. The Labute approximate surface area is 118 Å². The predicted octanol–water partition coefficient (Wildman–Crippen LogP) is 3.32. The maximum Gasteiger partial charge on any atom is 0.214 e. The van der Waals surface area contributed by atoms with Crippen molar-refractivity contribution in [2.45, 2.75) is 20.4 Å². The fraction of sp³-hybridized carbons (Fsp3) is 0.250. The molecule has 0 radical (unpaired) electrons. The Hall–Kier alpha value is -1.73. The smallest absolute Gasteiger partial charge is 0.214 e. The molecule has 3 heterocycles. The van der Waals surface area contributed by atoms with E-state index in [9.17, 15) is 0 Å². The van der Waals surface area contributed by atoms with Gasteiger partial charge in [-0.3, -0.25) is 9.67 Å². The lowest BCUT2D eigenvalue weighted by Crippen LogP contribution is -2.02. The third kappa shape index (κ3) is 2.26. The molecule has 0 aliphatic rings. The molecule has 5 nitrogen and oxygen atoms in total. The summed E-state index contributed by atoms with van der Waals surface area (Å²) in [5.41, 5.74) is 0.905. The standard InChI is InChI=1S/C12H12N4OS2/c1-7-8(2)17-10(13-7)6-16-11(14-15-12(16)18)9-4-3-5-19-9/h3-5H,6H2,1-2H3,(H,15,18). The largest absolute Gasteiger partial charge is 0.444 e. The van der Waals surface area contributed by atoms with Crippen LogP contribution in [0.4, 0.5) is 0 Å². The van der Waals surface area contributed by atoms with E-state index in [0.717, 1.165) is 22.2 Å². The van der Waals surface area contributed by atoms with Crippen LogP contribution in [0, 0.1) is 18.6 Å². The number of aryl methyl sites for hydroxylation is 2. The van der Waals surface area contributed by atoms with E-state index in [1.165, 1.54) is 0 Å². The zero-order valence-electron chi connectivity index (χ0n) is 10.5. The maximum absolute atomic E-state index is 5.60. The lowest BCUT2D eigenvalue weighted by atomic mass is 10.4. The van der Waals surface area contributed by atoms with E-state index < -0.39 is 0 Å². The van der Waals surface area contributed by atoms with E-state index >= 15 is 0 Å². The molecule has 0 fully saturated rings. The summed E-state index contributed by atoms with van der Waals surface area (Å²) in [6.07, 6.45) is 0. The highest BCUT2D eigenvalue weighted by Gasteiger charge is 2.13. The molecule has 0 spiro atoms. The Bertz CT molecular complexity index is 732. The van der Waals surface area contributed by atoms with Gasteiger partial charge in [0.25, 0.3) is 0 Å². The molecule has 98 valence electrons. The molecule has 0 saturated carbocycles. The van der Waals surface area contributed by atoms with Crippen molar-refractivity contribution >= 4 is 23.6 Å². The molecule has 0 atom stereocenters. The molecule has 0 amide bonds. The molecule has 0 saturated heterocycles. The summed E-state index contributed by atoms with van der Waals surface area (Å²) in [6.45, 7) is 4.31. The first-order chi connectivity index (χ1) is 9.15. The zero-order chi connectivity index (χ0) is 13.4. The number of rotatable bonds is 3. The highest BCUT2D eigenvalue weighted by Crippen LogP contribution is 2.23. The molecule has 0 bridgehead atoms. The van der Waals surface area contributed by atoms with Crippen LogP contribution in [0.5, 0.6) is 0 Å². The number of hydrogen-bond acceptors (Lipinski definition) is 5. The van der Waals surface area contributed by atoms with Gasteiger partial charge in [-0.1, -0.05) is 6.07 Å². The minimum Gasteiger partial charge on any atom is -0.444 e. The highest BCUT2D eigenvalue weighted by atomic mass is 32.1. The summed E-state index contributed by atoms with van der Waals surface area (Å²) < 4.78 is 8.06. The van der Waals surface area contributed by atoms with Crippen LogP contribution in [-0.4, -0.2) is 19.7 Å². The summed E-state index contributed by atoms with van der Waals surface area (Å²) in [4.78, 5) is 5.44. The molecule has 3 aromatic rings. The maximum atomic E-state index is 5.60. The van der Waals surface area contributed by atoms with Gasteiger partial charge < -0.3 is 4.42 Å². The van der Waals surface area contributed by atoms with Gasteiger partial charge in [0.15, 0.2) is 10.6 Å². The first-order valence-corrected chi connectivity index (χ1v) is 7.06. The Morgan fingerprint density at radius 3 is 2.95 bits per heavy atom. The first kappa shape index (κ1) is 12.3. The number of nitrogens with zero attached hydrogens (tertiary/aromatic N) is 3. The number of hydrogen-bond donors (Lipinski definition) is 1. The van der Waals surface area contributed by atoms with Crippen LogP contribution in [0.25, 0.3) is 10.7 Å². The van der Waals surface area contributed by atoms with Gasteiger partial charge in [0.1, 0.15) is 12.3 Å². The summed E-state index contributed by atoms with van der Waals surface area (Å²) in [5, 5.41) is 9.10. The van der Waals surface area contributed by atoms with Crippen LogP contribution in [0.2, 0.25) is 0 Å². The highest BCUT2D eigenvalue weighted by molar-refractivity contribution is 7.71. The molecule has 0 unspecified atom stereocenters. The van der Waals surface area contributed by atoms with Crippen LogP contribution in [0.15, 0.2) is 21.9 Å². The van der Waals surface area contributed by atoms with Gasteiger partial charge in [-0.25, -0.2) is 4.98 Å². The summed E-state index contributed by atoms with van der Waals surface area (Å²) in [7, 11) is 0. The molecule has 1 N–H and O–H groups in total. The second-order valence-corrected chi connectivity index (χ2v) is 5.50. The lowest BCUT2D eigenvalue weighted by molar-refractivity contribution is 0.456. The molecule has 3 rings (SSSR count). The van der Waals surface area contributed by atoms with Gasteiger partial charge in [0, 0.05) is 0 Å². The number of nitrogens with one attached hydrogen (secondary N) is 1. The van der Waals surface area contributed by atoms with Crippen molar-refractivity contribution in [1.29, 1.82) is 0 Å². The summed E-state index contributed by atoms with van der Waals surface area (Å²) in [6, 6.07) is 4.00. The van der Waals surface area contributed by atoms with Crippen molar-refractivity contribution in [3.05, 3.63) is 39.6 Å². The van der Waals surface area contributed by atoms with Crippen molar-refractivity contribution in [2.75, 3.05) is 0 Å². The first-order valence-electron chi connectivity index (χ1n) is 5.77. The van der Waals surface area contributed by atoms with Gasteiger partial charge in [0.05, 0.1) is 10.6 Å². The van der Waals surface area contributed by atoms with Crippen LogP contribution < -0.4 is 0 Å². The van der Waals surface area contributed by atoms with Crippen molar-refractivity contribution < 1.29 is 4.42 Å². The van der Waals surface area contributed by atoms with E-state index in [1.54, 1.807) is 11.3 Å². The number of aromatic nitrogens is 4. The van der Waals surface area contributed by atoms with Crippen molar-refractivity contribution in [3.8, 4) is 10.7 Å². The molecule has 0 aliphatic carbocycles. The van der Waals surface area contributed by atoms with Gasteiger partial charge in [-0.05, 0) is 37.5 Å². The fourth-order valence-electron chi connectivity index (χ4n) is 1.80. The number of H-pyrrole nitrogens is 1. The minimum absolute atomic E-state index is 0.483. The van der Waals surface area contributed by atoms with E-state index in [-0.39, 0.29) is 0 Å². The quantitative estimate of drug-likeness (QED) is 0.752. The van der Waals surface area contributed by atoms with Gasteiger partial charge >= 0.3 is 0 Å². The van der Waals surface area contributed by atoms with E-state index in [2.05, 4.69) is 15.2 Å². The zero-order valence-corrected chi connectivity index (χ0v) is 12.1. The van der Waals surface area contributed by atoms with E-state index in [4.69, 9.17) is 16.6 Å². The van der Waals surface area contributed by atoms with Crippen LogP contribution in [0.1, 0.15) is 17.3 Å². The summed E-state index contributed by atoms with van der Waals surface area (Å²) in [5.74, 6) is 2.29. The van der Waals surface area contributed by atoms with Crippen LogP contribution in [0.3, 0.4) is 0 Å². The Balaban J connectivity index is 2.01. The number of oxazole rings is 1. The second kappa shape index (κ2) is 4.75. The average molecular weight is 292 g/mol. The molecular formula is C12H12N4OS2. The fourth-order valence-corrected chi connectivity index (χ4v) is 2.72. The monoisotopic (exact) mass is 292 g/mol. The summed E-state index contributed by atoms with van der Waals surface area (Å²) >= 11 is 6.89. The molecule has 0 aliphatic heterocycles. The van der Waals surface area contributed by atoms with Gasteiger partial charge in [-0.15, -0.1) is 11.3 Å². The number of thiophene rings is 1. The molecule has 7 heteroatoms. The van der Waals surface area contributed by atoms with E-state index in [0.29, 0.717) is 17.2 Å². The molecule has 19 heavy (non-hydrogen) atoms. The number of aromatic amines is 1. The average Bonchev–Trinajstić information content (AvgIpc) is 3.05.